The molecule has 2 aliphatic heterocycles. The molecule has 2 aromatic rings. The fourth-order valence-corrected chi connectivity index (χ4v) is 4.07. The van der Waals surface area contributed by atoms with Crippen molar-refractivity contribution in [2.24, 2.45) is 11.7 Å². The van der Waals surface area contributed by atoms with E-state index in [1.807, 2.05) is 0 Å². The van der Waals surface area contributed by atoms with Crippen LogP contribution in [0.4, 0.5) is 5.95 Å². The van der Waals surface area contributed by atoms with Crippen molar-refractivity contribution in [3.63, 3.8) is 0 Å². The van der Waals surface area contributed by atoms with Crippen LogP contribution in [0.1, 0.15) is 24.1 Å². The summed E-state index contributed by atoms with van der Waals surface area (Å²) in [6.07, 6.45) is 3.27. The van der Waals surface area contributed by atoms with Gasteiger partial charge >= 0.3 is 0 Å². The number of imidazole rings is 1. The van der Waals surface area contributed by atoms with E-state index in [0.29, 0.717) is 33.5 Å². The number of carbonyl (C=O) groups is 2. The van der Waals surface area contributed by atoms with E-state index in [1.54, 1.807) is 54.0 Å². The van der Waals surface area contributed by atoms with Crippen molar-refractivity contribution >= 4 is 35.1 Å². The molecule has 9 heteroatoms. The van der Waals surface area contributed by atoms with Crippen LogP contribution in [0, 0.1) is 17.2 Å². The van der Waals surface area contributed by atoms with Crippen LogP contribution in [-0.2, 0) is 9.59 Å². The number of fused-ring (bicyclic) bond motifs is 2. The Morgan fingerprint density at radius 2 is 2.11 bits per heavy atom. The highest BCUT2D eigenvalue weighted by Crippen LogP contribution is 2.45. The SMILES string of the molecule is CC1C(=O)C2=C(N(C)C1=O)n1ccnc1N(CN)C2c1ccc(Cl)cc1C#N. The lowest BCUT2D eigenvalue weighted by atomic mass is 9.83. The summed E-state index contributed by atoms with van der Waals surface area (Å²) < 4.78 is 1.68. The van der Waals surface area contributed by atoms with E-state index in [-0.39, 0.29) is 18.4 Å². The zero-order valence-corrected chi connectivity index (χ0v) is 16.0. The molecule has 2 atom stereocenters. The molecule has 142 valence electrons. The van der Waals surface area contributed by atoms with Crippen molar-refractivity contribution < 1.29 is 9.59 Å². The van der Waals surface area contributed by atoms with Gasteiger partial charge in [0.15, 0.2) is 5.78 Å². The van der Waals surface area contributed by atoms with E-state index in [1.165, 1.54) is 4.90 Å². The van der Waals surface area contributed by atoms with Crippen LogP contribution in [-0.4, -0.2) is 39.9 Å². The highest BCUT2D eigenvalue weighted by Gasteiger charge is 2.47. The van der Waals surface area contributed by atoms with Gasteiger partial charge < -0.3 is 10.6 Å². The number of nitrogens with zero attached hydrogens (tertiary/aromatic N) is 5. The van der Waals surface area contributed by atoms with Crippen LogP contribution in [0.3, 0.4) is 0 Å². The number of amides is 1. The Labute approximate surface area is 166 Å². The Morgan fingerprint density at radius 3 is 2.79 bits per heavy atom. The molecule has 3 heterocycles. The van der Waals surface area contributed by atoms with Gasteiger partial charge in [0.1, 0.15) is 5.82 Å². The van der Waals surface area contributed by atoms with Gasteiger partial charge in [-0.15, -0.1) is 0 Å². The van der Waals surface area contributed by atoms with Crippen LogP contribution in [0.5, 0.6) is 0 Å². The zero-order valence-electron chi connectivity index (χ0n) is 15.3. The van der Waals surface area contributed by atoms with Gasteiger partial charge in [0.25, 0.3) is 0 Å². The van der Waals surface area contributed by atoms with Crippen molar-refractivity contribution in [3.05, 3.63) is 52.3 Å². The monoisotopic (exact) mass is 396 g/mol. The molecule has 2 N–H and O–H groups in total. The van der Waals surface area contributed by atoms with Crippen LogP contribution >= 0.6 is 11.6 Å². The maximum atomic E-state index is 13.2. The van der Waals surface area contributed by atoms with E-state index in [0.717, 1.165) is 0 Å². The molecule has 8 nitrogen and oxygen atoms in total. The first-order valence-corrected chi connectivity index (χ1v) is 9.04. The largest absolute Gasteiger partial charge is 0.318 e. The molecule has 0 fully saturated rings. The quantitative estimate of drug-likeness (QED) is 0.774. The Morgan fingerprint density at radius 1 is 1.36 bits per heavy atom. The molecule has 0 radical (unpaired) electrons. The number of nitriles is 1. The molecule has 1 aromatic heterocycles. The molecule has 4 rings (SSSR count). The number of aromatic nitrogens is 2. The van der Waals surface area contributed by atoms with E-state index in [9.17, 15) is 14.9 Å². The van der Waals surface area contributed by atoms with Gasteiger partial charge in [-0.25, -0.2) is 4.98 Å². The molecule has 1 amide bonds. The number of rotatable bonds is 2. The lowest BCUT2D eigenvalue weighted by Gasteiger charge is -2.43. The molecular formula is C19H17ClN6O2. The minimum atomic E-state index is -0.825. The number of Topliss-reactive ketones (excluding diaryl/α,β-unsaturated/α-hetero) is 1. The van der Waals surface area contributed by atoms with E-state index in [4.69, 9.17) is 17.3 Å². The Hall–Kier alpha value is -3.15. The second-order valence-corrected chi connectivity index (χ2v) is 7.15. The van der Waals surface area contributed by atoms with E-state index in [2.05, 4.69) is 11.1 Å². The predicted octanol–water partition coefficient (Wildman–Crippen LogP) is 1.73. The summed E-state index contributed by atoms with van der Waals surface area (Å²) in [4.78, 5) is 33.4. The minimum absolute atomic E-state index is 0.0608. The predicted molar refractivity (Wildman–Crippen MR) is 103 cm³/mol. The average Bonchev–Trinajstić information content (AvgIpc) is 3.18. The van der Waals surface area contributed by atoms with Crippen LogP contribution < -0.4 is 10.6 Å². The molecule has 0 spiro atoms. The molecule has 2 unspecified atom stereocenters. The van der Waals surface area contributed by atoms with E-state index >= 15 is 0 Å². The third kappa shape index (κ3) is 2.37. The number of halogens is 1. The first kappa shape index (κ1) is 18.2. The molecular weight excluding hydrogens is 380 g/mol. The summed E-state index contributed by atoms with van der Waals surface area (Å²) in [6, 6.07) is 6.42. The van der Waals surface area contributed by atoms with Gasteiger partial charge in [-0.3, -0.25) is 19.1 Å². The van der Waals surface area contributed by atoms with Gasteiger partial charge in [0.2, 0.25) is 11.9 Å². The number of anilines is 1. The number of benzene rings is 1. The number of nitrogens with two attached hydrogens (primary N) is 1. The molecule has 0 saturated heterocycles. The number of carbonyl (C=O) groups excluding carboxylic acids is 2. The lowest BCUT2D eigenvalue weighted by molar-refractivity contribution is -0.137. The summed E-state index contributed by atoms with van der Waals surface area (Å²) in [7, 11) is 1.63. The molecule has 0 saturated carbocycles. The van der Waals surface area contributed by atoms with Gasteiger partial charge in [0, 0.05) is 24.5 Å². The first-order valence-electron chi connectivity index (χ1n) is 8.66. The third-order valence-corrected chi connectivity index (χ3v) is 5.47. The molecule has 2 aliphatic rings. The normalized spacial score (nSPS) is 21.5. The van der Waals surface area contributed by atoms with Crippen LogP contribution in [0.25, 0.3) is 5.82 Å². The van der Waals surface area contributed by atoms with Crippen molar-refractivity contribution in [2.45, 2.75) is 13.0 Å². The molecule has 1 aromatic carbocycles. The van der Waals surface area contributed by atoms with Crippen molar-refractivity contribution in [1.29, 1.82) is 5.26 Å². The fourth-order valence-electron chi connectivity index (χ4n) is 3.90. The van der Waals surface area contributed by atoms with Gasteiger partial charge in [-0.2, -0.15) is 5.26 Å². The highest BCUT2D eigenvalue weighted by molar-refractivity contribution is 6.30. The minimum Gasteiger partial charge on any atom is -0.318 e. The summed E-state index contributed by atoms with van der Waals surface area (Å²) in [5.41, 5.74) is 7.37. The van der Waals surface area contributed by atoms with Gasteiger partial charge in [-0.05, 0) is 24.6 Å². The maximum absolute atomic E-state index is 13.2. The van der Waals surface area contributed by atoms with Crippen molar-refractivity contribution in [3.8, 4) is 6.07 Å². The van der Waals surface area contributed by atoms with Crippen molar-refractivity contribution in [1.82, 2.24) is 14.5 Å². The number of hydrogen-bond acceptors (Lipinski definition) is 6. The first-order chi connectivity index (χ1) is 13.4. The standard InChI is InChI=1S/C19H17ClN6O2/c1-10-16(27)14-15(13-4-3-12(20)7-11(13)8-21)26(9-22)19-23-5-6-25(19)17(14)24(2)18(10)28/h3-7,10,15H,9,22H2,1-2H3. The van der Waals surface area contributed by atoms with E-state index < -0.39 is 12.0 Å². The smallest absolute Gasteiger partial charge is 0.238 e. The van der Waals surface area contributed by atoms with Crippen LogP contribution in [0.2, 0.25) is 5.02 Å². The van der Waals surface area contributed by atoms with Crippen LogP contribution in [0.15, 0.2) is 36.2 Å². The van der Waals surface area contributed by atoms with Gasteiger partial charge in [0.05, 0.1) is 35.8 Å². The molecule has 0 aliphatic carbocycles. The van der Waals surface area contributed by atoms with Gasteiger partial charge in [-0.1, -0.05) is 17.7 Å². The van der Waals surface area contributed by atoms with Crippen molar-refractivity contribution in [2.75, 3.05) is 18.6 Å². The molecule has 0 bridgehead atoms. The maximum Gasteiger partial charge on any atom is 0.238 e. The Kier molecular flexibility index (Phi) is 4.22. The zero-order chi connectivity index (χ0) is 20.2. The third-order valence-electron chi connectivity index (χ3n) is 5.24. The molecule has 28 heavy (non-hydrogen) atoms. The Bertz CT molecular complexity index is 1080. The number of hydrogen-bond donors (Lipinski definition) is 1. The summed E-state index contributed by atoms with van der Waals surface area (Å²) in [6.45, 7) is 1.65. The Balaban J connectivity index is 2.06. The highest BCUT2D eigenvalue weighted by atomic mass is 35.5. The summed E-state index contributed by atoms with van der Waals surface area (Å²) in [5.74, 6) is -0.477. The fraction of sp³-hybridized carbons (Fsp3) is 0.263. The second-order valence-electron chi connectivity index (χ2n) is 6.72. The second kappa shape index (κ2) is 6.48. The average molecular weight is 397 g/mol. The summed E-state index contributed by atoms with van der Waals surface area (Å²) >= 11 is 6.06. The topological polar surface area (TPSA) is 108 Å². The lowest BCUT2D eigenvalue weighted by Crippen LogP contribution is -2.50. The summed E-state index contributed by atoms with van der Waals surface area (Å²) in [5, 5.41) is 10.1. The number of ketones is 1.